The summed E-state index contributed by atoms with van der Waals surface area (Å²) in [6.45, 7) is 4.64. The Balaban J connectivity index is 1.68. The van der Waals surface area contributed by atoms with Crippen LogP contribution in [-0.4, -0.2) is 41.9 Å². The van der Waals surface area contributed by atoms with Crippen molar-refractivity contribution >= 4 is 29.1 Å². The molecule has 0 spiro atoms. The van der Waals surface area contributed by atoms with Crippen LogP contribution in [0.4, 0.5) is 5.69 Å². The molecule has 8 heteroatoms. The molecule has 31 heavy (non-hydrogen) atoms. The number of nitrogens with zero attached hydrogens (tertiary/aromatic N) is 2. The Kier molecular flexibility index (Phi) is 7.44. The van der Waals surface area contributed by atoms with Crippen LogP contribution in [0.3, 0.4) is 0 Å². The lowest BCUT2D eigenvalue weighted by atomic mass is 10.1. The molecule has 1 heterocycles. The minimum absolute atomic E-state index is 0.182. The van der Waals surface area contributed by atoms with Gasteiger partial charge in [-0.15, -0.1) is 0 Å². The molecule has 0 aliphatic carbocycles. The van der Waals surface area contributed by atoms with Crippen molar-refractivity contribution in [3.8, 4) is 5.69 Å². The smallest absolute Gasteiger partial charge is 0.252 e. The molecule has 0 fully saturated rings. The molecule has 0 atom stereocenters. The number of ether oxygens (including phenoxy) is 1. The number of halogens is 1. The van der Waals surface area contributed by atoms with Gasteiger partial charge >= 0.3 is 0 Å². The number of methoxy groups -OCH3 is 1. The van der Waals surface area contributed by atoms with Gasteiger partial charge in [0.2, 0.25) is 5.91 Å². The first kappa shape index (κ1) is 22.5. The van der Waals surface area contributed by atoms with Crippen LogP contribution >= 0.6 is 11.6 Å². The van der Waals surface area contributed by atoms with Gasteiger partial charge in [-0.3, -0.25) is 9.59 Å². The van der Waals surface area contributed by atoms with Gasteiger partial charge in [-0.25, -0.2) is 4.68 Å². The first-order valence-corrected chi connectivity index (χ1v) is 10.3. The zero-order valence-corrected chi connectivity index (χ0v) is 18.5. The van der Waals surface area contributed by atoms with Crippen molar-refractivity contribution in [1.29, 1.82) is 0 Å². The van der Waals surface area contributed by atoms with Crippen molar-refractivity contribution in [2.45, 2.75) is 20.3 Å². The van der Waals surface area contributed by atoms with E-state index in [1.165, 1.54) is 0 Å². The zero-order chi connectivity index (χ0) is 22.4. The number of hydrogen-bond donors (Lipinski definition) is 2. The van der Waals surface area contributed by atoms with Gasteiger partial charge in [-0.05, 0) is 44.2 Å². The Morgan fingerprint density at radius 2 is 1.87 bits per heavy atom. The van der Waals surface area contributed by atoms with Crippen LogP contribution in [0.2, 0.25) is 5.02 Å². The second-order valence-electron chi connectivity index (χ2n) is 7.07. The Morgan fingerprint density at radius 1 is 1.13 bits per heavy atom. The predicted molar refractivity (Wildman–Crippen MR) is 121 cm³/mol. The van der Waals surface area contributed by atoms with Crippen molar-refractivity contribution < 1.29 is 14.3 Å². The summed E-state index contributed by atoms with van der Waals surface area (Å²) in [6, 6.07) is 14.6. The molecule has 0 bridgehead atoms. The number of carbonyl (C=O) groups is 2. The number of hydrogen-bond acceptors (Lipinski definition) is 4. The fourth-order valence-corrected chi connectivity index (χ4v) is 3.52. The number of nitrogens with one attached hydrogen (secondary N) is 2. The molecule has 162 valence electrons. The van der Waals surface area contributed by atoms with E-state index in [2.05, 4.69) is 15.7 Å². The Morgan fingerprint density at radius 3 is 2.55 bits per heavy atom. The molecule has 2 N–H and O–H groups in total. The molecule has 0 aliphatic rings. The van der Waals surface area contributed by atoms with Crippen molar-refractivity contribution in [3.63, 3.8) is 0 Å². The second-order valence-corrected chi connectivity index (χ2v) is 7.47. The van der Waals surface area contributed by atoms with Gasteiger partial charge in [-0.1, -0.05) is 29.8 Å². The lowest BCUT2D eigenvalue weighted by molar-refractivity contribution is -0.115. The lowest BCUT2D eigenvalue weighted by Crippen LogP contribution is -2.27. The third-order valence-corrected chi connectivity index (χ3v) is 5.18. The molecule has 2 amide bonds. The predicted octanol–water partition coefficient (Wildman–Crippen LogP) is 3.70. The van der Waals surface area contributed by atoms with Gasteiger partial charge in [0.05, 0.1) is 35.0 Å². The average molecular weight is 441 g/mol. The molecule has 2 aromatic carbocycles. The summed E-state index contributed by atoms with van der Waals surface area (Å²) in [4.78, 5) is 24.8. The van der Waals surface area contributed by atoms with E-state index in [0.717, 1.165) is 22.6 Å². The number of rotatable bonds is 8. The molecular weight excluding hydrogens is 416 g/mol. The van der Waals surface area contributed by atoms with E-state index in [4.69, 9.17) is 16.3 Å². The quantitative estimate of drug-likeness (QED) is 0.523. The monoisotopic (exact) mass is 440 g/mol. The van der Waals surface area contributed by atoms with Gasteiger partial charge in [0, 0.05) is 30.6 Å². The van der Waals surface area contributed by atoms with Crippen LogP contribution in [0.1, 0.15) is 27.3 Å². The normalized spacial score (nSPS) is 10.7. The van der Waals surface area contributed by atoms with Gasteiger partial charge in [0.15, 0.2) is 0 Å². The Hall–Kier alpha value is -3.16. The maximum absolute atomic E-state index is 12.7. The molecule has 0 saturated heterocycles. The lowest BCUT2D eigenvalue weighted by Gasteiger charge is -2.10. The minimum Gasteiger partial charge on any atom is -0.383 e. The summed E-state index contributed by atoms with van der Waals surface area (Å²) in [5.41, 5.74) is 4.40. The standard InChI is InChI=1S/C23H25ClN4O3/c1-15-20(16(2)28(27-15)18-7-5-4-6-8-18)14-22(29)26-17-9-10-19(21(24)13-17)23(30)25-11-12-31-3/h4-10,13H,11-12,14H2,1-3H3,(H,25,30)(H,26,29). The van der Waals surface area contributed by atoms with Crippen LogP contribution < -0.4 is 10.6 Å². The van der Waals surface area contributed by atoms with Crippen molar-refractivity contribution in [1.82, 2.24) is 15.1 Å². The van der Waals surface area contributed by atoms with Crippen LogP contribution in [0, 0.1) is 13.8 Å². The van der Waals surface area contributed by atoms with Gasteiger partial charge in [-0.2, -0.15) is 5.10 Å². The first-order valence-electron chi connectivity index (χ1n) is 9.87. The largest absolute Gasteiger partial charge is 0.383 e. The zero-order valence-electron chi connectivity index (χ0n) is 17.7. The van der Waals surface area contributed by atoms with Gasteiger partial charge < -0.3 is 15.4 Å². The fraction of sp³-hybridized carbons (Fsp3) is 0.261. The molecule has 3 rings (SSSR count). The van der Waals surface area contributed by atoms with Gasteiger partial charge in [0.1, 0.15) is 0 Å². The maximum Gasteiger partial charge on any atom is 0.252 e. The topological polar surface area (TPSA) is 85.2 Å². The highest BCUT2D eigenvalue weighted by Crippen LogP contribution is 2.22. The summed E-state index contributed by atoms with van der Waals surface area (Å²) >= 11 is 6.25. The van der Waals surface area contributed by atoms with E-state index in [9.17, 15) is 9.59 Å². The molecule has 7 nitrogen and oxygen atoms in total. The highest BCUT2D eigenvalue weighted by molar-refractivity contribution is 6.34. The Bertz CT molecular complexity index is 1080. The van der Waals surface area contributed by atoms with E-state index in [1.807, 2.05) is 48.9 Å². The third kappa shape index (κ3) is 5.51. The van der Waals surface area contributed by atoms with Crippen LogP contribution in [0.5, 0.6) is 0 Å². The van der Waals surface area contributed by atoms with Crippen molar-refractivity contribution in [2.75, 3.05) is 25.6 Å². The van der Waals surface area contributed by atoms with Crippen molar-refractivity contribution in [3.05, 3.63) is 76.1 Å². The highest BCUT2D eigenvalue weighted by Gasteiger charge is 2.17. The number of amides is 2. The van der Waals surface area contributed by atoms with Gasteiger partial charge in [0.25, 0.3) is 5.91 Å². The van der Waals surface area contributed by atoms with Crippen LogP contribution in [0.25, 0.3) is 5.69 Å². The highest BCUT2D eigenvalue weighted by atomic mass is 35.5. The third-order valence-electron chi connectivity index (χ3n) is 4.87. The summed E-state index contributed by atoms with van der Waals surface area (Å²) in [6.07, 6.45) is 0.182. The fourth-order valence-electron chi connectivity index (χ4n) is 3.26. The number of anilines is 1. The summed E-state index contributed by atoms with van der Waals surface area (Å²) < 4.78 is 6.75. The average Bonchev–Trinajstić information content (AvgIpc) is 3.02. The molecular formula is C23H25ClN4O3. The van der Waals surface area contributed by atoms with E-state index in [0.29, 0.717) is 24.4 Å². The number of para-hydroxylation sites is 1. The number of carbonyl (C=O) groups excluding carboxylic acids is 2. The number of aromatic nitrogens is 2. The van der Waals surface area contributed by atoms with E-state index < -0.39 is 0 Å². The van der Waals surface area contributed by atoms with E-state index in [-0.39, 0.29) is 23.3 Å². The first-order chi connectivity index (χ1) is 14.9. The van der Waals surface area contributed by atoms with E-state index >= 15 is 0 Å². The molecule has 3 aromatic rings. The van der Waals surface area contributed by atoms with Crippen LogP contribution in [-0.2, 0) is 16.0 Å². The SMILES string of the molecule is COCCNC(=O)c1ccc(NC(=O)Cc2c(C)nn(-c3ccccc3)c2C)cc1Cl. The van der Waals surface area contributed by atoms with E-state index in [1.54, 1.807) is 25.3 Å². The molecule has 0 aliphatic heterocycles. The summed E-state index contributed by atoms with van der Waals surface area (Å²) in [5.74, 6) is -0.480. The number of aryl methyl sites for hydroxylation is 1. The van der Waals surface area contributed by atoms with Crippen molar-refractivity contribution in [2.24, 2.45) is 0 Å². The molecule has 0 radical (unpaired) electrons. The Labute approximate surface area is 186 Å². The second kappa shape index (κ2) is 10.2. The van der Waals surface area contributed by atoms with Crippen LogP contribution in [0.15, 0.2) is 48.5 Å². The molecule has 0 saturated carbocycles. The minimum atomic E-state index is -0.292. The molecule has 1 aromatic heterocycles. The maximum atomic E-state index is 12.7. The molecule has 0 unspecified atom stereocenters. The number of benzene rings is 2. The summed E-state index contributed by atoms with van der Waals surface area (Å²) in [5, 5.41) is 10.4. The summed E-state index contributed by atoms with van der Waals surface area (Å²) in [7, 11) is 1.56.